The molecule has 0 amide bonds. The first kappa shape index (κ1) is 19.4. The molecule has 5 aromatic rings. The highest BCUT2D eigenvalue weighted by molar-refractivity contribution is 6.16. The van der Waals surface area contributed by atoms with Gasteiger partial charge in [0.25, 0.3) is 0 Å². The summed E-state index contributed by atoms with van der Waals surface area (Å²) in [6.45, 7) is 6.65. The highest BCUT2D eigenvalue weighted by Crippen LogP contribution is 2.51. The Morgan fingerprint density at radius 3 is 1.80 bits per heavy atom. The van der Waals surface area contributed by atoms with Crippen molar-refractivity contribution < 1.29 is 0 Å². The second kappa shape index (κ2) is 6.61. The number of allylic oxidation sites excluding steroid dienone is 1. The SMILES string of the molecule is C/C=C1/c2cc3c(cc2-c2cccc(C)c21)Cc1cc2c(cc1C3)-c1ccc(C)c3cccc-2c13. The van der Waals surface area contributed by atoms with Crippen molar-refractivity contribution in [2.75, 3.05) is 0 Å². The highest BCUT2D eigenvalue weighted by Gasteiger charge is 2.29. The fraction of sp³-hybridized carbons (Fsp3) is 0.143. The summed E-state index contributed by atoms with van der Waals surface area (Å²) in [7, 11) is 0. The summed E-state index contributed by atoms with van der Waals surface area (Å²) in [5.74, 6) is 0. The molecule has 35 heavy (non-hydrogen) atoms. The van der Waals surface area contributed by atoms with Crippen molar-refractivity contribution in [2.24, 2.45) is 0 Å². The Morgan fingerprint density at radius 1 is 0.543 bits per heavy atom. The zero-order valence-electron chi connectivity index (χ0n) is 20.4. The van der Waals surface area contributed by atoms with Crippen LogP contribution in [0, 0.1) is 13.8 Å². The summed E-state index contributed by atoms with van der Waals surface area (Å²) >= 11 is 0. The zero-order valence-corrected chi connectivity index (χ0v) is 20.4. The highest BCUT2D eigenvalue weighted by atomic mass is 14.3. The molecule has 0 aromatic heterocycles. The van der Waals surface area contributed by atoms with E-state index in [0.717, 1.165) is 12.8 Å². The van der Waals surface area contributed by atoms with E-state index in [2.05, 4.69) is 99.6 Å². The molecule has 0 saturated carbocycles. The van der Waals surface area contributed by atoms with Crippen molar-refractivity contribution in [3.8, 4) is 33.4 Å². The van der Waals surface area contributed by atoms with Crippen LogP contribution in [0.25, 0.3) is 49.7 Å². The smallest absolute Gasteiger partial charge is 0.00196 e. The Kier molecular flexibility index (Phi) is 3.67. The molecule has 0 atom stereocenters. The topological polar surface area (TPSA) is 0 Å². The largest absolute Gasteiger partial charge is 0.0791 e. The number of rotatable bonds is 0. The van der Waals surface area contributed by atoms with Crippen LogP contribution in [0.1, 0.15) is 51.4 Å². The van der Waals surface area contributed by atoms with E-state index in [1.54, 1.807) is 0 Å². The molecule has 0 unspecified atom stereocenters. The number of aryl methyl sites for hydroxylation is 2. The molecule has 0 spiro atoms. The minimum Gasteiger partial charge on any atom is -0.0791 e. The molecule has 5 aromatic carbocycles. The lowest BCUT2D eigenvalue weighted by Crippen LogP contribution is -2.08. The second-order valence-corrected chi connectivity index (χ2v) is 10.5. The number of hydrogen-bond donors (Lipinski definition) is 0. The first-order valence-corrected chi connectivity index (χ1v) is 12.7. The fourth-order valence-corrected chi connectivity index (χ4v) is 7.02. The van der Waals surface area contributed by atoms with Crippen molar-refractivity contribution in [2.45, 2.75) is 33.6 Å². The molecule has 0 fully saturated rings. The maximum Gasteiger partial charge on any atom is -0.00196 e. The van der Waals surface area contributed by atoms with Gasteiger partial charge in [-0.1, -0.05) is 54.6 Å². The molecule has 0 aliphatic heterocycles. The van der Waals surface area contributed by atoms with Gasteiger partial charge < -0.3 is 0 Å². The van der Waals surface area contributed by atoms with Crippen LogP contribution in [0.15, 0.2) is 78.9 Å². The predicted molar refractivity (Wildman–Crippen MR) is 148 cm³/mol. The number of fused-ring (bicyclic) bond motifs is 8. The van der Waals surface area contributed by atoms with Crippen LogP contribution in [0.4, 0.5) is 0 Å². The van der Waals surface area contributed by atoms with Crippen molar-refractivity contribution in [1.29, 1.82) is 0 Å². The summed E-state index contributed by atoms with van der Waals surface area (Å²) in [5, 5.41) is 2.83. The van der Waals surface area contributed by atoms with Crippen LogP contribution < -0.4 is 0 Å². The molecule has 0 bridgehead atoms. The molecule has 3 aliphatic carbocycles. The van der Waals surface area contributed by atoms with Gasteiger partial charge in [0.2, 0.25) is 0 Å². The molecular weight excluding hydrogens is 420 g/mol. The third kappa shape index (κ3) is 2.42. The van der Waals surface area contributed by atoms with E-state index in [0.29, 0.717) is 0 Å². The third-order valence-corrected chi connectivity index (χ3v) is 8.69. The van der Waals surface area contributed by atoms with E-state index in [-0.39, 0.29) is 0 Å². The van der Waals surface area contributed by atoms with Gasteiger partial charge >= 0.3 is 0 Å². The Labute approximate surface area is 206 Å². The number of benzene rings is 5. The molecular formula is C35H26. The van der Waals surface area contributed by atoms with Crippen molar-refractivity contribution >= 4 is 16.3 Å². The molecule has 0 N–H and O–H groups in total. The molecule has 3 aliphatic rings. The van der Waals surface area contributed by atoms with Gasteiger partial charge in [0, 0.05) is 0 Å². The number of hydrogen-bond acceptors (Lipinski definition) is 0. The van der Waals surface area contributed by atoms with Crippen LogP contribution in [-0.4, -0.2) is 0 Å². The lowest BCUT2D eigenvalue weighted by molar-refractivity contribution is 1.00. The Bertz CT molecular complexity index is 1810. The van der Waals surface area contributed by atoms with Crippen LogP contribution >= 0.6 is 0 Å². The maximum atomic E-state index is 2.50. The lowest BCUT2D eigenvalue weighted by Gasteiger charge is -2.23. The van der Waals surface area contributed by atoms with Gasteiger partial charge in [-0.25, -0.2) is 0 Å². The van der Waals surface area contributed by atoms with Gasteiger partial charge in [0.1, 0.15) is 0 Å². The minimum absolute atomic E-state index is 1.02. The summed E-state index contributed by atoms with van der Waals surface area (Å²) in [6, 6.07) is 28.2. The molecule has 8 rings (SSSR count). The molecule has 0 heteroatoms. The molecule has 0 radical (unpaired) electrons. The van der Waals surface area contributed by atoms with E-state index in [4.69, 9.17) is 0 Å². The first-order valence-electron chi connectivity index (χ1n) is 12.7. The molecule has 0 nitrogen and oxygen atoms in total. The standard InChI is InChI=1S/C35H26/c1-4-25-30-15-21-13-24-18-33-29-12-11-19(2)26-8-6-10-28(35(26)29)32(33)17-23(24)14-22(21)16-31(30)27-9-5-7-20(3)34(25)27/h4-12,15-18H,13-14H2,1-3H3/b25-4-. The van der Waals surface area contributed by atoms with Gasteiger partial charge in [-0.3, -0.25) is 0 Å². The van der Waals surface area contributed by atoms with Gasteiger partial charge in [-0.05, 0) is 152 Å². The average molecular weight is 447 g/mol. The molecule has 0 heterocycles. The fourth-order valence-electron chi connectivity index (χ4n) is 7.02. The van der Waals surface area contributed by atoms with Crippen molar-refractivity contribution in [1.82, 2.24) is 0 Å². The minimum atomic E-state index is 1.02. The van der Waals surface area contributed by atoms with Gasteiger partial charge in [-0.2, -0.15) is 0 Å². The third-order valence-electron chi connectivity index (χ3n) is 8.69. The molecule has 166 valence electrons. The van der Waals surface area contributed by atoms with Crippen LogP contribution in [-0.2, 0) is 12.8 Å². The Hall–Kier alpha value is -3.90. The van der Waals surface area contributed by atoms with E-state index >= 15 is 0 Å². The van der Waals surface area contributed by atoms with E-state index in [1.807, 2.05) is 0 Å². The summed E-state index contributed by atoms with van der Waals surface area (Å²) in [4.78, 5) is 0. The Morgan fingerprint density at radius 2 is 1.11 bits per heavy atom. The maximum absolute atomic E-state index is 2.50. The molecule has 0 saturated heterocycles. The van der Waals surface area contributed by atoms with Crippen molar-refractivity contribution in [3.63, 3.8) is 0 Å². The first-order chi connectivity index (χ1) is 17.1. The van der Waals surface area contributed by atoms with Crippen LogP contribution in [0.2, 0.25) is 0 Å². The predicted octanol–water partition coefficient (Wildman–Crippen LogP) is 9.03. The lowest BCUT2D eigenvalue weighted by atomic mass is 9.81. The van der Waals surface area contributed by atoms with Crippen molar-refractivity contribution in [3.05, 3.63) is 123 Å². The van der Waals surface area contributed by atoms with Gasteiger partial charge in [-0.15, -0.1) is 0 Å². The zero-order chi connectivity index (χ0) is 23.4. The Balaban J connectivity index is 1.30. The summed E-state index contributed by atoms with van der Waals surface area (Å²) in [5.41, 5.74) is 21.4. The van der Waals surface area contributed by atoms with Crippen LogP contribution in [0.5, 0.6) is 0 Å². The van der Waals surface area contributed by atoms with E-state index in [9.17, 15) is 0 Å². The monoisotopic (exact) mass is 446 g/mol. The van der Waals surface area contributed by atoms with Gasteiger partial charge in [0.15, 0.2) is 0 Å². The average Bonchev–Trinajstić information content (AvgIpc) is 3.35. The van der Waals surface area contributed by atoms with E-state index in [1.165, 1.54) is 94.2 Å². The summed E-state index contributed by atoms with van der Waals surface area (Å²) in [6.07, 6.45) is 4.33. The van der Waals surface area contributed by atoms with Gasteiger partial charge in [0.05, 0.1) is 0 Å². The second-order valence-electron chi connectivity index (χ2n) is 10.5. The van der Waals surface area contributed by atoms with Crippen LogP contribution in [0.3, 0.4) is 0 Å². The summed E-state index contributed by atoms with van der Waals surface area (Å²) < 4.78 is 0. The quantitative estimate of drug-likeness (QED) is 0.218. The van der Waals surface area contributed by atoms with E-state index < -0.39 is 0 Å². The normalized spacial score (nSPS) is 15.1.